The zero-order valence-corrected chi connectivity index (χ0v) is 14.1. The number of carbonyl (C=O) groups excluding carboxylic acids is 1. The minimum absolute atomic E-state index is 0. The van der Waals surface area contributed by atoms with Crippen LogP contribution < -0.4 is 10.6 Å². The predicted octanol–water partition coefficient (Wildman–Crippen LogP) is 2.85. The van der Waals surface area contributed by atoms with E-state index in [1.807, 2.05) is 0 Å². The first-order valence-electron chi connectivity index (χ1n) is 7.55. The smallest absolute Gasteiger partial charge is 0.224 e. The number of halogens is 1. The van der Waals surface area contributed by atoms with Crippen LogP contribution in [0, 0.1) is 12.8 Å². The van der Waals surface area contributed by atoms with Crippen molar-refractivity contribution >= 4 is 18.3 Å². The van der Waals surface area contributed by atoms with Crippen molar-refractivity contribution in [3.05, 3.63) is 35.4 Å². The van der Waals surface area contributed by atoms with Crippen LogP contribution in [0.5, 0.6) is 0 Å². The zero-order chi connectivity index (χ0) is 14.6. The maximum Gasteiger partial charge on any atom is 0.224 e. The van der Waals surface area contributed by atoms with Gasteiger partial charge in [0.05, 0.1) is 5.92 Å². The summed E-state index contributed by atoms with van der Waals surface area (Å²) in [6.45, 7) is 8.18. The molecule has 0 aromatic heterocycles. The molecule has 1 aliphatic rings. The van der Waals surface area contributed by atoms with Crippen molar-refractivity contribution in [2.24, 2.45) is 5.92 Å². The Hall–Kier alpha value is -1.06. The Morgan fingerprint density at radius 3 is 2.71 bits per heavy atom. The number of amides is 1. The highest BCUT2D eigenvalue weighted by molar-refractivity contribution is 5.85. The quantitative estimate of drug-likeness (QED) is 0.898. The number of nitrogens with one attached hydrogen (secondary N) is 2. The third-order valence-corrected chi connectivity index (χ3v) is 4.02. The number of piperidine rings is 1. The maximum absolute atomic E-state index is 12.3. The lowest BCUT2D eigenvalue weighted by molar-refractivity contribution is -0.127. The molecular formula is C17H27ClN2O. The maximum atomic E-state index is 12.3. The summed E-state index contributed by atoms with van der Waals surface area (Å²) in [6, 6.07) is 8.38. The van der Waals surface area contributed by atoms with Crippen LogP contribution in [0.15, 0.2) is 24.3 Å². The molecule has 0 bridgehead atoms. The van der Waals surface area contributed by atoms with Gasteiger partial charge in [-0.1, -0.05) is 24.3 Å². The van der Waals surface area contributed by atoms with Crippen LogP contribution in [0.4, 0.5) is 0 Å². The molecule has 1 amide bonds. The average Bonchev–Trinajstić information content (AvgIpc) is 2.41. The average molecular weight is 311 g/mol. The van der Waals surface area contributed by atoms with Crippen molar-refractivity contribution in [2.75, 3.05) is 13.1 Å². The Kier molecular flexibility index (Phi) is 6.69. The van der Waals surface area contributed by atoms with Gasteiger partial charge in [-0.3, -0.25) is 4.79 Å². The molecule has 4 heteroatoms. The van der Waals surface area contributed by atoms with Crippen LogP contribution in [0.1, 0.15) is 37.8 Å². The second-order valence-corrected chi connectivity index (χ2v) is 6.52. The molecule has 1 aromatic rings. The van der Waals surface area contributed by atoms with E-state index >= 15 is 0 Å². The molecule has 1 heterocycles. The molecule has 1 unspecified atom stereocenters. The van der Waals surface area contributed by atoms with Crippen LogP contribution >= 0.6 is 12.4 Å². The third kappa shape index (κ3) is 5.33. The van der Waals surface area contributed by atoms with Gasteiger partial charge < -0.3 is 10.6 Å². The molecule has 0 radical (unpaired) electrons. The number of hydrogen-bond donors (Lipinski definition) is 2. The Morgan fingerprint density at radius 1 is 1.38 bits per heavy atom. The second kappa shape index (κ2) is 7.81. The molecule has 118 valence electrons. The van der Waals surface area contributed by atoms with Gasteiger partial charge in [-0.15, -0.1) is 12.4 Å². The molecule has 0 spiro atoms. The van der Waals surface area contributed by atoms with E-state index in [0.29, 0.717) is 0 Å². The lowest BCUT2D eigenvalue weighted by Gasteiger charge is -2.31. The van der Waals surface area contributed by atoms with Crippen LogP contribution in [-0.4, -0.2) is 24.5 Å². The van der Waals surface area contributed by atoms with Crippen LogP contribution in [0.3, 0.4) is 0 Å². The molecule has 1 saturated heterocycles. The standard InChI is InChI=1S/C17H26N2O.ClH/c1-13-7-4-5-8-14(13)11-17(2,3)19-16(20)15-9-6-10-18-12-15;/h4-5,7-8,15,18H,6,9-12H2,1-3H3,(H,19,20);1H. The first kappa shape index (κ1) is 18.0. The van der Waals surface area contributed by atoms with Gasteiger partial charge in [0.1, 0.15) is 0 Å². The summed E-state index contributed by atoms with van der Waals surface area (Å²) in [4.78, 5) is 12.3. The van der Waals surface area contributed by atoms with Crippen LogP contribution in [0.2, 0.25) is 0 Å². The summed E-state index contributed by atoms with van der Waals surface area (Å²) in [5.41, 5.74) is 2.38. The van der Waals surface area contributed by atoms with Gasteiger partial charge in [-0.25, -0.2) is 0 Å². The SMILES string of the molecule is Cc1ccccc1CC(C)(C)NC(=O)C1CCCNC1.Cl. The molecule has 0 aliphatic carbocycles. The van der Waals surface area contributed by atoms with Crippen molar-refractivity contribution in [2.45, 2.75) is 45.6 Å². The molecule has 1 atom stereocenters. The Bertz CT molecular complexity index is 468. The number of carbonyl (C=O) groups is 1. The molecule has 1 fully saturated rings. The highest BCUT2D eigenvalue weighted by Crippen LogP contribution is 2.18. The van der Waals surface area contributed by atoms with Gasteiger partial charge in [0.25, 0.3) is 0 Å². The van der Waals surface area contributed by atoms with Crippen molar-refractivity contribution in [1.29, 1.82) is 0 Å². The first-order valence-corrected chi connectivity index (χ1v) is 7.55. The molecule has 0 saturated carbocycles. The lowest BCUT2D eigenvalue weighted by atomic mass is 9.90. The van der Waals surface area contributed by atoms with Gasteiger partial charge in [0.2, 0.25) is 5.91 Å². The van der Waals surface area contributed by atoms with E-state index in [2.05, 4.69) is 55.7 Å². The predicted molar refractivity (Wildman–Crippen MR) is 89.9 cm³/mol. The fourth-order valence-electron chi connectivity index (χ4n) is 2.84. The van der Waals surface area contributed by atoms with Crippen molar-refractivity contribution in [3.63, 3.8) is 0 Å². The van der Waals surface area contributed by atoms with Gasteiger partial charge in [-0.05, 0) is 57.7 Å². The van der Waals surface area contributed by atoms with E-state index < -0.39 is 0 Å². The zero-order valence-electron chi connectivity index (χ0n) is 13.2. The van der Waals surface area contributed by atoms with E-state index in [9.17, 15) is 4.79 Å². The van der Waals surface area contributed by atoms with Gasteiger partial charge in [-0.2, -0.15) is 0 Å². The molecule has 2 rings (SSSR count). The molecule has 2 N–H and O–H groups in total. The van der Waals surface area contributed by atoms with E-state index in [0.717, 1.165) is 32.4 Å². The molecule has 21 heavy (non-hydrogen) atoms. The summed E-state index contributed by atoms with van der Waals surface area (Å²) in [5, 5.41) is 6.52. The van der Waals surface area contributed by atoms with Gasteiger partial charge in [0.15, 0.2) is 0 Å². The van der Waals surface area contributed by atoms with Crippen molar-refractivity contribution < 1.29 is 4.79 Å². The molecule has 1 aromatic carbocycles. The number of benzene rings is 1. The Balaban J connectivity index is 0.00000220. The Labute approximate surface area is 134 Å². The van der Waals surface area contributed by atoms with Crippen molar-refractivity contribution in [3.8, 4) is 0 Å². The summed E-state index contributed by atoms with van der Waals surface area (Å²) in [6.07, 6.45) is 2.96. The highest BCUT2D eigenvalue weighted by atomic mass is 35.5. The largest absolute Gasteiger partial charge is 0.351 e. The second-order valence-electron chi connectivity index (χ2n) is 6.52. The fraction of sp³-hybridized carbons (Fsp3) is 0.588. The molecular weight excluding hydrogens is 284 g/mol. The first-order chi connectivity index (χ1) is 9.48. The summed E-state index contributed by atoms with van der Waals surface area (Å²) in [5.74, 6) is 0.315. The molecule has 3 nitrogen and oxygen atoms in total. The Morgan fingerprint density at radius 2 is 2.10 bits per heavy atom. The summed E-state index contributed by atoms with van der Waals surface area (Å²) < 4.78 is 0. The van der Waals surface area contributed by atoms with E-state index in [1.165, 1.54) is 11.1 Å². The van der Waals surface area contributed by atoms with Crippen LogP contribution in [0.25, 0.3) is 0 Å². The van der Waals surface area contributed by atoms with E-state index in [1.54, 1.807) is 0 Å². The fourth-order valence-corrected chi connectivity index (χ4v) is 2.84. The summed E-state index contributed by atoms with van der Waals surface area (Å²) in [7, 11) is 0. The summed E-state index contributed by atoms with van der Waals surface area (Å²) >= 11 is 0. The van der Waals surface area contributed by atoms with Crippen molar-refractivity contribution in [1.82, 2.24) is 10.6 Å². The van der Waals surface area contributed by atoms with E-state index in [-0.39, 0.29) is 29.8 Å². The monoisotopic (exact) mass is 310 g/mol. The van der Waals surface area contributed by atoms with E-state index in [4.69, 9.17) is 0 Å². The van der Waals surface area contributed by atoms with Gasteiger partial charge in [0, 0.05) is 12.1 Å². The van der Waals surface area contributed by atoms with Crippen LogP contribution in [-0.2, 0) is 11.2 Å². The minimum Gasteiger partial charge on any atom is -0.351 e. The third-order valence-electron chi connectivity index (χ3n) is 4.02. The number of rotatable bonds is 4. The van der Waals surface area contributed by atoms with Gasteiger partial charge >= 0.3 is 0 Å². The minimum atomic E-state index is -0.208. The lowest BCUT2D eigenvalue weighted by Crippen LogP contribution is -2.50. The highest BCUT2D eigenvalue weighted by Gasteiger charge is 2.27. The topological polar surface area (TPSA) is 41.1 Å². The normalized spacial score (nSPS) is 18.7. The molecule has 1 aliphatic heterocycles. The number of hydrogen-bond acceptors (Lipinski definition) is 2. The number of aryl methyl sites for hydroxylation is 1.